The van der Waals surface area contributed by atoms with E-state index >= 15 is 0 Å². The molecule has 1 N–H and O–H groups in total. The van der Waals surface area contributed by atoms with Crippen LogP contribution in [0.25, 0.3) is 0 Å². The number of carbonyl (C=O) groups is 1. The largest absolute Gasteiger partial charge is 0.361 e. The Morgan fingerprint density at radius 3 is 2.78 bits per heavy atom. The summed E-state index contributed by atoms with van der Waals surface area (Å²) in [6.45, 7) is 4.13. The summed E-state index contributed by atoms with van der Waals surface area (Å²) in [6, 6.07) is 9.78. The summed E-state index contributed by atoms with van der Waals surface area (Å²) in [4.78, 5) is 12.5. The molecule has 0 aliphatic rings. The van der Waals surface area contributed by atoms with Crippen LogP contribution in [0.3, 0.4) is 0 Å². The molecule has 0 radical (unpaired) electrons. The average molecular weight is 257 g/mol. The highest BCUT2D eigenvalue weighted by molar-refractivity contribution is 7.12. The summed E-state index contributed by atoms with van der Waals surface area (Å²) < 4.78 is 0. The lowest BCUT2D eigenvalue weighted by Crippen LogP contribution is -1.95. The first kappa shape index (κ1) is 12.6. The highest BCUT2D eigenvalue weighted by Gasteiger charge is 2.02. The van der Waals surface area contributed by atoms with E-state index in [0.717, 1.165) is 10.6 Å². The van der Waals surface area contributed by atoms with Gasteiger partial charge in [-0.2, -0.15) is 0 Å². The van der Waals surface area contributed by atoms with Gasteiger partial charge in [0.1, 0.15) is 0 Å². The van der Waals surface area contributed by atoms with Gasteiger partial charge in [-0.1, -0.05) is 18.2 Å². The number of allylic oxidation sites excluding steroid dienone is 1. The van der Waals surface area contributed by atoms with Gasteiger partial charge in [0, 0.05) is 18.0 Å². The molecule has 2 rings (SSSR count). The molecule has 0 spiro atoms. The van der Waals surface area contributed by atoms with Crippen molar-refractivity contribution in [2.75, 3.05) is 5.32 Å². The molecule has 0 bridgehead atoms. The monoisotopic (exact) mass is 257 g/mol. The number of anilines is 1. The van der Waals surface area contributed by atoms with Gasteiger partial charge >= 0.3 is 0 Å². The zero-order chi connectivity index (χ0) is 13.0. The Morgan fingerprint density at radius 1 is 1.22 bits per heavy atom. The number of nitrogens with one attached hydrogen (secondary N) is 1. The molecule has 0 atom stereocenters. The Labute approximate surface area is 111 Å². The first-order valence-corrected chi connectivity index (χ1v) is 6.63. The molecular weight excluding hydrogens is 242 g/mol. The molecular formula is C15H15NOS. The number of rotatable bonds is 4. The number of thiophene rings is 1. The van der Waals surface area contributed by atoms with E-state index in [-0.39, 0.29) is 5.78 Å². The summed E-state index contributed by atoms with van der Waals surface area (Å²) >= 11 is 1.45. The molecule has 0 fully saturated rings. The van der Waals surface area contributed by atoms with E-state index in [4.69, 9.17) is 0 Å². The third-order valence-corrected chi connectivity index (χ3v) is 3.73. The number of ketones is 1. The molecule has 18 heavy (non-hydrogen) atoms. The van der Waals surface area contributed by atoms with Crippen LogP contribution < -0.4 is 5.32 Å². The molecule has 0 saturated heterocycles. The van der Waals surface area contributed by atoms with Crippen LogP contribution in [-0.4, -0.2) is 5.78 Å². The molecule has 1 heterocycles. The number of hydrogen-bond acceptors (Lipinski definition) is 3. The minimum absolute atomic E-state index is 0.0304. The molecule has 3 heteroatoms. The standard InChI is InChI=1S/C15H15NOS/c1-11-5-3-6-13(12(11)2)16-9-8-14(17)15-7-4-10-18-15/h3-10,16H,1-2H3/b9-8+. The number of aryl methyl sites for hydroxylation is 1. The maximum Gasteiger partial charge on any atom is 0.197 e. The van der Waals surface area contributed by atoms with Gasteiger partial charge in [0.25, 0.3) is 0 Å². The van der Waals surface area contributed by atoms with E-state index < -0.39 is 0 Å². The summed E-state index contributed by atoms with van der Waals surface area (Å²) in [5.41, 5.74) is 3.47. The first-order chi connectivity index (χ1) is 8.68. The summed E-state index contributed by atoms with van der Waals surface area (Å²) in [7, 11) is 0. The Bertz CT molecular complexity index is 570. The number of hydrogen-bond donors (Lipinski definition) is 1. The molecule has 0 unspecified atom stereocenters. The molecule has 0 aliphatic heterocycles. The number of benzene rings is 1. The highest BCUT2D eigenvalue weighted by Crippen LogP contribution is 2.18. The van der Waals surface area contributed by atoms with Gasteiger partial charge in [0.2, 0.25) is 0 Å². The third-order valence-electron chi connectivity index (χ3n) is 2.84. The quantitative estimate of drug-likeness (QED) is 0.658. The van der Waals surface area contributed by atoms with Gasteiger partial charge in [-0.25, -0.2) is 0 Å². The maximum absolute atomic E-state index is 11.7. The van der Waals surface area contributed by atoms with Crippen molar-refractivity contribution in [3.05, 3.63) is 64.0 Å². The highest BCUT2D eigenvalue weighted by atomic mass is 32.1. The zero-order valence-electron chi connectivity index (χ0n) is 10.4. The third kappa shape index (κ3) is 2.87. The molecule has 0 aliphatic carbocycles. The van der Waals surface area contributed by atoms with Crippen LogP contribution in [0.15, 0.2) is 48.0 Å². The molecule has 0 amide bonds. The van der Waals surface area contributed by atoms with Crippen molar-refractivity contribution in [1.29, 1.82) is 0 Å². The SMILES string of the molecule is Cc1cccc(N/C=C/C(=O)c2cccs2)c1C. The lowest BCUT2D eigenvalue weighted by Gasteiger charge is -2.07. The smallest absolute Gasteiger partial charge is 0.197 e. The predicted octanol–water partition coefficient (Wildman–Crippen LogP) is 4.17. The predicted molar refractivity (Wildman–Crippen MR) is 77.3 cm³/mol. The fraction of sp³-hybridized carbons (Fsp3) is 0.133. The van der Waals surface area contributed by atoms with Crippen molar-refractivity contribution in [3.8, 4) is 0 Å². The van der Waals surface area contributed by atoms with Crippen LogP contribution in [0.2, 0.25) is 0 Å². The second-order valence-corrected chi connectivity index (χ2v) is 5.01. The summed E-state index contributed by atoms with van der Waals surface area (Å²) in [5, 5.41) is 5.05. The van der Waals surface area contributed by atoms with Gasteiger partial charge in [-0.3, -0.25) is 4.79 Å². The Hall–Kier alpha value is -1.87. The average Bonchev–Trinajstić information content (AvgIpc) is 2.88. The van der Waals surface area contributed by atoms with Crippen LogP contribution in [-0.2, 0) is 0 Å². The van der Waals surface area contributed by atoms with Crippen molar-refractivity contribution in [2.24, 2.45) is 0 Å². The molecule has 1 aromatic carbocycles. The van der Waals surface area contributed by atoms with Crippen LogP contribution in [0, 0.1) is 13.8 Å². The fourth-order valence-electron chi connectivity index (χ4n) is 1.62. The molecule has 0 saturated carbocycles. The van der Waals surface area contributed by atoms with Crippen LogP contribution >= 0.6 is 11.3 Å². The van der Waals surface area contributed by atoms with Crippen LogP contribution in [0.5, 0.6) is 0 Å². The van der Waals surface area contributed by atoms with Gasteiger partial charge in [0.15, 0.2) is 5.78 Å². The molecule has 2 aromatic rings. The zero-order valence-corrected chi connectivity index (χ0v) is 11.3. The first-order valence-electron chi connectivity index (χ1n) is 5.75. The Kier molecular flexibility index (Phi) is 3.95. The van der Waals surface area contributed by atoms with Gasteiger partial charge < -0.3 is 5.32 Å². The van der Waals surface area contributed by atoms with Crippen molar-refractivity contribution >= 4 is 22.8 Å². The fourth-order valence-corrected chi connectivity index (χ4v) is 2.26. The lowest BCUT2D eigenvalue weighted by molar-refractivity contribution is 0.105. The van der Waals surface area contributed by atoms with E-state index in [2.05, 4.69) is 25.2 Å². The van der Waals surface area contributed by atoms with E-state index in [9.17, 15) is 4.79 Å². The maximum atomic E-state index is 11.7. The minimum Gasteiger partial charge on any atom is -0.361 e. The van der Waals surface area contributed by atoms with E-state index in [1.54, 1.807) is 12.3 Å². The van der Waals surface area contributed by atoms with Crippen LogP contribution in [0.1, 0.15) is 20.8 Å². The Balaban J connectivity index is 2.03. The van der Waals surface area contributed by atoms with Gasteiger partial charge in [-0.05, 0) is 42.5 Å². The Morgan fingerprint density at radius 2 is 2.06 bits per heavy atom. The second kappa shape index (κ2) is 5.65. The summed E-state index contributed by atoms with van der Waals surface area (Å²) in [5.74, 6) is 0.0304. The van der Waals surface area contributed by atoms with Crippen molar-refractivity contribution in [2.45, 2.75) is 13.8 Å². The lowest BCUT2D eigenvalue weighted by atomic mass is 10.1. The second-order valence-electron chi connectivity index (χ2n) is 4.07. The topological polar surface area (TPSA) is 29.1 Å². The number of carbonyl (C=O) groups excluding carboxylic acids is 1. The van der Waals surface area contributed by atoms with Gasteiger partial charge in [-0.15, -0.1) is 11.3 Å². The van der Waals surface area contributed by atoms with Crippen molar-refractivity contribution in [3.63, 3.8) is 0 Å². The van der Waals surface area contributed by atoms with Gasteiger partial charge in [0.05, 0.1) is 4.88 Å². The van der Waals surface area contributed by atoms with E-state index in [1.807, 2.05) is 29.6 Å². The molecule has 1 aromatic heterocycles. The molecule has 2 nitrogen and oxygen atoms in total. The van der Waals surface area contributed by atoms with Crippen LogP contribution in [0.4, 0.5) is 5.69 Å². The van der Waals surface area contributed by atoms with E-state index in [0.29, 0.717) is 0 Å². The van der Waals surface area contributed by atoms with E-state index in [1.165, 1.54) is 22.5 Å². The molecule has 92 valence electrons. The van der Waals surface area contributed by atoms with Crippen molar-refractivity contribution < 1.29 is 4.79 Å². The normalized spacial score (nSPS) is 10.8. The summed E-state index contributed by atoms with van der Waals surface area (Å²) in [6.07, 6.45) is 3.26. The minimum atomic E-state index is 0.0304. The van der Waals surface area contributed by atoms with Crippen molar-refractivity contribution in [1.82, 2.24) is 0 Å².